The number of aromatic carboxylic acids is 1. The second-order valence-electron chi connectivity index (χ2n) is 3.15. The van der Waals surface area contributed by atoms with E-state index in [2.05, 4.69) is 15.9 Å². The van der Waals surface area contributed by atoms with E-state index in [1.54, 1.807) is 18.2 Å². The van der Waals surface area contributed by atoms with Gasteiger partial charge in [-0.25, -0.2) is 4.79 Å². The van der Waals surface area contributed by atoms with Crippen molar-refractivity contribution in [2.75, 3.05) is 5.33 Å². The standard InChI is InChI=1S/C11H13BrO2/c12-7-2-1-4-9-5-3-6-10(8-9)11(13)14/h3,5-6,8H,1-2,4,7H2,(H,13,14). The van der Waals surface area contributed by atoms with Crippen LogP contribution >= 0.6 is 15.9 Å². The Hall–Kier alpha value is -0.830. The first-order valence-corrected chi connectivity index (χ1v) is 5.74. The van der Waals surface area contributed by atoms with E-state index in [0.29, 0.717) is 5.56 Å². The van der Waals surface area contributed by atoms with Crippen molar-refractivity contribution in [1.82, 2.24) is 0 Å². The van der Waals surface area contributed by atoms with Crippen molar-refractivity contribution in [3.8, 4) is 0 Å². The van der Waals surface area contributed by atoms with Gasteiger partial charge in [-0.1, -0.05) is 28.1 Å². The highest BCUT2D eigenvalue weighted by molar-refractivity contribution is 9.09. The van der Waals surface area contributed by atoms with E-state index in [1.165, 1.54) is 0 Å². The average Bonchev–Trinajstić information content (AvgIpc) is 2.19. The summed E-state index contributed by atoms with van der Waals surface area (Å²) in [6, 6.07) is 7.14. The summed E-state index contributed by atoms with van der Waals surface area (Å²) in [4.78, 5) is 10.7. The normalized spacial score (nSPS) is 10.1. The van der Waals surface area contributed by atoms with E-state index in [9.17, 15) is 4.79 Å². The van der Waals surface area contributed by atoms with Gasteiger partial charge in [0.15, 0.2) is 0 Å². The molecule has 0 unspecified atom stereocenters. The number of alkyl halides is 1. The molecule has 0 saturated heterocycles. The van der Waals surface area contributed by atoms with Crippen LogP contribution < -0.4 is 0 Å². The Kier molecular flexibility index (Phi) is 4.66. The highest BCUT2D eigenvalue weighted by atomic mass is 79.9. The molecular weight excluding hydrogens is 244 g/mol. The largest absolute Gasteiger partial charge is 0.478 e. The Balaban J connectivity index is 2.59. The van der Waals surface area contributed by atoms with Gasteiger partial charge < -0.3 is 5.11 Å². The lowest BCUT2D eigenvalue weighted by atomic mass is 10.1. The lowest BCUT2D eigenvalue weighted by molar-refractivity contribution is 0.0697. The van der Waals surface area contributed by atoms with Crippen molar-refractivity contribution in [2.45, 2.75) is 19.3 Å². The fraction of sp³-hybridized carbons (Fsp3) is 0.364. The van der Waals surface area contributed by atoms with E-state index in [-0.39, 0.29) is 0 Å². The Morgan fingerprint density at radius 1 is 1.36 bits per heavy atom. The molecule has 76 valence electrons. The van der Waals surface area contributed by atoms with Gasteiger partial charge >= 0.3 is 5.97 Å². The van der Waals surface area contributed by atoms with Crippen LogP contribution in [0.2, 0.25) is 0 Å². The van der Waals surface area contributed by atoms with E-state index in [1.807, 2.05) is 6.07 Å². The van der Waals surface area contributed by atoms with Crippen LogP contribution in [0.4, 0.5) is 0 Å². The topological polar surface area (TPSA) is 37.3 Å². The first kappa shape index (κ1) is 11.2. The van der Waals surface area contributed by atoms with Crippen LogP contribution in [0.5, 0.6) is 0 Å². The fourth-order valence-electron chi connectivity index (χ4n) is 1.28. The van der Waals surface area contributed by atoms with E-state index in [0.717, 1.165) is 30.2 Å². The molecule has 0 amide bonds. The summed E-state index contributed by atoms with van der Waals surface area (Å²) in [5.74, 6) is -0.854. The third-order valence-electron chi connectivity index (χ3n) is 2.02. The van der Waals surface area contributed by atoms with Gasteiger partial charge in [-0.2, -0.15) is 0 Å². The molecule has 0 aliphatic rings. The monoisotopic (exact) mass is 256 g/mol. The third kappa shape index (κ3) is 3.50. The van der Waals surface area contributed by atoms with Crippen molar-refractivity contribution >= 4 is 21.9 Å². The van der Waals surface area contributed by atoms with Gasteiger partial charge in [0.05, 0.1) is 5.56 Å². The molecule has 0 fully saturated rings. The SMILES string of the molecule is O=C(O)c1cccc(CCCCBr)c1. The number of carboxylic acids is 1. The fourth-order valence-corrected chi connectivity index (χ4v) is 1.68. The van der Waals surface area contributed by atoms with E-state index < -0.39 is 5.97 Å². The van der Waals surface area contributed by atoms with Gasteiger partial charge in [0.1, 0.15) is 0 Å². The molecule has 0 aromatic heterocycles. The smallest absolute Gasteiger partial charge is 0.335 e. The summed E-state index contributed by atoms with van der Waals surface area (Å²) < 4.78 is 0. The summed E-state index contributed by atoms with van der Waals surface area (Å²) in [7, 11) is 0. The van der Waals surface area contributed by atoms with Gasteiger partial charge in [-0.05, 0) is 37.0 Å². The summed E-state index contributed by atoms with van der Waals surface area (Å²) in [5.41, 5.74) is 1.48. The minimum atomic E-state index is -0.854. The van der Waals surface area contributed by atoms with Crippen molar-refractivity contribution in [2.24, 2.45) is 0 Å². The van der Waals surface area contributed by atoms with Crippen molar-refractivity contribution in [3.63, 3.8) is 0 Å². The van der Waals surface area contributed by atoms with Gasteiger partial charge in [0.2, 0.25) is 0 Å². The zero-order chi connectivity index (χ0) is 10.4. The quantitative estimate of drug-likeness (QED) is 0.650. The van der Waals surface area contributed by atoms with Crippen LogP contribution in [-0.4, -0.2) is 16.4 Å². The first-order valence-electron chi connectivity index (χ1n) is 4.62. The van der Waals surface area contributed by atoms with Gasteiger partial charge in [0.25, 0.3) is 0 Å². The molecule has 1 rings (SSSR count). The third-order valence-corrected chi connectivity index (χ3v) is 2.58. The van der Waals surface area contributed by atoms with Crippen molar-refractivity contribution in [3.05, 3.63) is 35.4 Å². The zero-order valence-electron chi connectivity index (χ0n) is 7.87. The second kappa shape index (κ2) is 5.81. The van der Waals surface area contributed by atoms with Crippen LogP contribution in [0, 0.1) is 0 Å². The van der Waals surface area contributed by atoms with Crippen LogP contribution in [0.3, 0.4) is 0 Å². The molecule has 2 nitrogen and oxygen atoms in total. The molecular formula is C11H13BrO2. The summed E-state index contributed by atoms with van der Waals surface area (Å²) in [5, 5.41) is 9.78. The minimum Gasteiger partial charge on any atom is -0.478 e. The predicted octanol–water partition coefficient (Wildman–Crippen LogP) is 3.10. The van der Waals surface area contributed by atoms with Crippen molar-refractivity contribution in [1.29, 1.82) is 0 Å². The molecule has 0 radical (unpaired) electrons. The summed E-state index contributed by atoms with van der Waals surface area (Å²) in [6.45, 7) is 0. The Labute approximate surface area is 92.1 Å². The number of aryl methyl sites for hydroxylation is 1. The number of hydrogen-bond donors (Lipinski definition) is 1. The number of unbranched alkanes of at least 4 members (excludes halogenated alkanes) is 1. The molecule has 1 aromatic rings. The minimum absolute atomic E-state index is 0.376. The Morgan fingerprint density at radius 3 is 2.79 bits per heavy atom. The van der Waals surface area contributed by atoms with Gasteiger partial charge in [0, 0.05) is 5.33 Å². The van der Waals surface area contributed by atoms with Crippen LogP contribution in [0.15, 0.2) is 24.3 Å². The number of carbonyl (C=O) groups is 1. The molecule has 1 N–H and O–H groups in total. The van der Waals surface area contributed by atoms with Crippen molar-refractivity contribution < 1.29 is 9.90 Å². The number of halogens is 1. The number of carboxylic acid groups (broad SMARTS) is 1. The molecule has 0 aliphatic heterocycles. The number of benzene rings is 1. The molecule has 0 bridgehead atoms. The summed E-state index contributed by atoms with van der Waals surface area (Å²) in [6.07, 6.45) is 3.17. The molecule has 0 aliphatic carbocycles. The van der Waals surface area contributed by atoms with E-state index in [4.69, 9.17) is 5.11 Å². The highest BCUT2D eigenvalue weighted by Gasteiger charge is 2.02. The average molecular weight is 257 g/mol. The van der Waals surface area contributed by atoms with Gasteiger partial charge in [-0.15, -0.1) is 0 Å². The molecule has 0 spiro atoms. The zero-order valence-corrected chi connectivity index (χ0v) is 9.46. The maximum absolute atomic E-state index is 10.7. The lowest BCUT2D eigenvalue weighted by Crippen LogP contribution is -1.97. The maximum Gasteiger partial charge on any atom is 0.335 e. The lowest BCUT2D eigenvalue weighted by Gasteiger charge is -2.01. The molecule has 0 atom stereocenters. The summed E-state index contributed by atoms with van der Waals surface area (Å²) >= 11 is 3.37. The van der Waals surface area contributed by atoms with Crippen LogP contribution in [0.1, 0.15) is 28.8 Å². The molecule has 3 heteroatoms. The van der Waals surface area contributed by atoms with Crippen LogP contribution in [-0.2, 0) is 6.42 Å². The molecule has 0 saturated carbocycles. The highest BCUT2D eigenvalue weighted by Crippen LogP contribution is 2.09. The van der Waals surface area contributed by atoms with Gasteiger partial charge in [-0.3, -0.25) is 0 Å². The maximum atomic E-state index is 10.7. The predicted molar refractivity (Wildman–Crippen MR) is 60.1 cm³/mol. The number of hydrogen-bond acceptors (Lipinski definition) is 1. The Morgan fingerprint density at radius 2 is 2.14 bits per heavy atom. The molecule has 1 aromatic carbocycles. The van der Waals surface area contributed by atoms with Crippen LogP contribution in [0.25, 0.3) is 0 Å². The first-order chi connectivity index (χ1) is 6.74. The molecule has 0 heterocycles. The number of rotatable bonds is 5. The molecule has 14 heavy (non-hydrogen) atoms. The second-order valence-corrected chi connectivity index (χ2v) is 3.94. The Bertz CT molecular complexity index is 310. The van der Waals surface area contributed by atoms with E-state index >= 15 is 0 Å².